The summed E-state index contributed by atoms with van der Waals surface area (Å²) >= 11 is 12.8. The van der Waals surface area contributed by atoms with E-state index in [0.29, 0.717) is 36.2 Å². The first-order valence-electron chi connectivity index (χ1n) is 16.9. The topological polar surface area (TPSA) is 105 Å². The van der Waals surface area contributed by atoms with E-state index in [9.17, 15) is 4.79 Å². The van der Waals surface area contributed by atoms with Gasteiger partial charge in [-0.15, -0.1) is 0 Å². The molecule has 2 aliphatic rings. The second-order valence-electron chi connectivity index (χ2n) is 12.6. The Morgan fingerprint density at radius 2 is 1.60 bits per heavy atom. The summed E-state index contributed by atoms with van der Waals surface area (Å²) in [6, 6.07) is 21.7. The van der Waals surface area contributed by atoms with Gasteiger partial charge < -0.3 is 24.0 Å². The van der Waals surface area contributed by atoms with Crippen LogP contribution in [0.1, 0.15) is 38.3 Å². The Morgan fingerprint density at radius 3 is 2.24 bits per heavy atom. The SMILES string of the molecule is CCC(C)n1ncn(-c2ccc(N3CCN(c4ccc(OC[C@@H]5CO[C@@](CCn6cncn6)(c6ccc(Cl)cc6Cl)O5)cc4)CC3)cc2)c1=O. The van der Waals surface area contributed by atoms with Gasteiger partial charge in [0.2, 0.25) is 0 Å². The van der Waals surface area contributed by atoms with Crippen molar-refractivity contribution >= 4 is 34.6 Å². The number of hydrogen-bond donors (Lipinski definition) is 0. The highest BCUT2D eigenvalue weighted by Crippen LogP contribution is 2.42. The minimum atomic E-state index is -1.06. The number of aryl methyl sites for hydroxylation is 1. The summed E-state index contributed by atoms with van der Waals surface area (Å²) in [6.07, 6.45) is 5.78. The zero-order chi connectivity index (χ0) is 34.7. The van der Waals surface area contributed by atoms with E-state index in [2.05, 4.69) is 49.2 Å². The minimum absolute atomic E-state index is 0.0649. The van der Waals surface area contributed by atoms with Gasteiger partial charge in [0.15, 0.2) is 5.79 Å². The van der Waals surface area contributed by atoms with Gasteiger partial charge in [-0.3, -0.25) is 4.68 Å². The average Bonchev–Trinajstić information content (AvgIpc) is 3.91. The fourth-order valence-corrected chi connectivity index (χ4v) is 6.97. The number of rotatable bonds is 12. The Kier molecular flexibility index (Phi) is 10.1. The molecule has 0 saturated carbocycles. The molecular weight excluding hydrogens is 679 g/mol. The zero-order valence-electron chi connectivity index (χ0n) is 28.1. The molecule has 0 bridgehead atoms. The van der Waals surface area contributed by atoms with Crippen LogP contribution in [0.5, 0.6) is 5.75 Å². The highest BCUT2D eigenvalue weighted by molar-refractivity contribution is 6.35. The first-order chi connectivity index (χ1) is 24.3. The highest BCUT2D eigenvalue weighted by atomic mass is 35.5. The van der Waals surface area contributed by atoms with Crippen molar-refractivity contribution < 1.29 is 14.2 Å². The summed E-state index contributed by atoms with van der Waals surface area (Å²) in [5, 5.41) is 9.53. The molecule has 1 unspecified atom stereocenters. The first-order valence-corrected chi connectivity index (χ1v) is 17.7. The van der Waals surface area contributed by atoms with Gasteiger partial charge in [0, 0.05) is 61.1 Å². The maximum Gasteiger partial charge on any atom is 0.350 e. The summed E-state index contributed by atoms with van der Waals surface area (Å²) < 4.78 is 23.9. The Hall–Kier alpha value is -4.36. The zero-order valence-corrected chi connectivity index (χ0v) is 29.6. The summed E-state index contributed by atoms with van der Waals surface area (Å²) in [6.45, 7) is 8.81. The quantitative estimate of drug-likeness (QED) is 0.154. The molecule has 50 heavy (non-hydrogen) atoms. The third-order valence-electron chi connectivity index (χ3n) is 9.45. The smallest absolute Gasteiger partial charge is 0.350 e. The predicted molar refractivity (Wildman–Crippen MR) is 193 cm³/mol. The number of aromatic nitrogens is 6. The number of benzene rings is 3. The van der Waals surface area contributed by atoms with Gasteiger partial charge in [0.05, 0.1) is 23.4 Å². The molecule has 12 nitrogen and oxygen atoms in total. The summed E-state index contributed by atoms with van der Waals surface area (Å²) in [7, 11) is 0. The van der Waals surface area contributed by atoms with Crippen molar-refractivity contribution in [1.82, 2.24) is 29.1 Å². The van der Waals surface area contributed by atoms with E-state index in [1.165, 1.54) is 6.33 Å². The van der Waals surface area contributed by atoms with Crippen LogP contribution in [0.15, 0.2) is 90.5 Å². The monoisotopic (exact) mass is 718 g/mol. The van der Waals surface area contributed by atoms with Crippen molar-refractivity contribution in [2.45, 2.75) is 51.2 Å². The van der Waals surface area contributed by atoms with Gasteiger partial charge in [-0.05, 0) is 74.0 Å². The average molecular weight is 720 g/mol. The predicted octanol–water partition coefficient (Wildman–Crippen LogP) is 5.97. The molecule has 2 aromatic heterocycles. The normalized spacial score (nSPS) is 20.0. The summed E-state index contributed by atoms with van der Waals surface area (Å²) in [5.74, 6) is -0.304. The molecule has 0 amide bonds. The van der Waals surface area contributed by atoms with Crippen LogP contribution in [0.25, 0.3) is 5.69 Å². The van der Waals surface area contributed by atoms with Crippen LogP contribution in [0.2, 0.25) is 10.0 Å². The Balaban J connectivity index is 0.920. The van der Waals surface area contributed by atoms with E-state index in [1.807, 2.05) is 44.2 Å². The lowest BCUT2D eigenvalue weighted by Crippen LogP contribution is -2.46. The van der Waals surface area contributed by atoms with Gasteiger partial charge in [-0.1, -0.05) is 36.2 Å². The van der Waals surface area contributed by atoms with Crippen LogP contribution in [0.4, 0.5) is 11.4 Å². The highest BCUT2D eigenvalue weighted by Gasteiger charge is 2.44. The van der Waals surface area contributed by atoms with E-state index < -0.39 is 5.79 Å². The van der Waals surface area contributed by atoms with Crippen molar-refractivity contribution in [3.63, 3.8) is 0 Å². The molecule has 0 N–H and O–H groups in total. The molecular formula is C36H40Cl2N8O4. The largest absolute Gasteiger partial charge is 0.491 e. The second-order valence-corrected chi connectivity index (χ2v) is 13.5. The molecule has 4 heterocycles. The van der Waals surface area contributed by atoms with Gasteiger partial charge in [0.1, 0.15) is 37.4 Å². The lowest BCUT2D eigenvalue weighted by molar-refractivity contribution is -0.186. The van der Waals surface area contributed by atoms with Gasteiger partial charge in [-0.25, -0.2) is 19.0 Å². The van der Waals surface area contributed by atoms with Gasteiger partial charge >= 0.3 is 5.69 Å². The molecule has 2 fully saturated rings. The molecule has 3 aromatic carbocycles. The van der Waals surface area contributed by atoms with Gasteiger partial charge in [0.25, 0.3) is 0 Å². The summed E-state index contributed by atoms with van der Waals surface area (Å²) in [4.78, 5) is 21.6. The van der Waals surface area contributed by atoms with Crippen LogP contribution in [-0.2, 0) is 21.8 Å². The summed E-state index contributed by atoms with van der Waals surface area (Å²) in [5.41, 5.74) is 3.70. The second kappa shape index (κ2) is 14.9. The number of hydrogen-bond acceptors (Lipinski definition) is 9. The van der Waals surface area contributed by atoms with E-state index in [-0.39, 0.29) is 17.8 Å². The van der Waals surface area contributed by atoms with Crippen molar-refractivity contribution in [3.05, 3.63) is 112 Å². The molecule has 14 heteroatoms. The molecule has 7 rings (SSSR count). The van der Waals surface area contributed by atoms with Gasteiger partial charge in [-0.2, -0.15) is 10.2 Å². The van der Waals surface area contributed by atoms with E-state index in [4.69, 9.17) is 37.4 Å². The maximum absolute atomic E-state index is 12.8. The molecule has 0 radical (unpaired) electrons. The maximum atomic E-state index is 12.8. The van der Waals surface area contributed by atoms with Crippen molar-refractivity contribution in [2.24, 2.45) is 0 Å². The van der Waals surface area contributed by atoms with Crippen LogP contribution in [0.3, 0.4) is 0 Å². The van der Waals surface area contributed by atoms with Crippen molar-refractivity contribution in [2.75, 3.05) is 49.2 Å². The molecule has 2 saturated heterocycles. The molecule has 3 atom stereocenters. The third-order valence-corrected chi connectivity index (χ3v) is 10.00. The molecule has 262 valence electrons. The third kappa shape index (κ3) is 7.25. The number of nitrogens with zero attached hydrogens (tertiary/aromatic N) is 8. The Bertz CT molecular complexity index is 1920. The Labute approximate surface area is 300 Å². The molecule has 2 aliphatic heterocycles. The standard InChI is InChI=1S/C36H40Cl2N8O4/c1-3-26(2)46-35(47)45(25-41-46)30-7-5-28(6-8-30)42-16-18-43(19-17-42)29-9-11-31(12-10-29)48-21-32-22-49-36(50-32,14-15-44-24-39-23-40-44)33-13-4-27(37)20-34(33)38/h4-13,20,23-26,32H,3,14-19,21-22H2,1-2H3/t26?,32-,36-/m1/s1. The van der Waals surface area contributed by atoms with Crippen LogP contribution >= 0.6 is 23.2 Å². The number of ether oxygens (including phenoxy) is 3. The van der Waals surface area contributed by atoms with E-state index >= 15 is 0 Å². The number of halogens is 2. The van der Waals surface area contributed by atoms with Crippen molar-refractivity contribution in [3.8, 4) is 11.4 Å². The lowest BCUT2D eigenvalue weighted by Gasteiger charge is -2.37. The molecule has 0 aliphatic carbocycles. The fraction of sp³-hybridized carbons (Fsp3) is 0.389. The Morgan fingerprint density at radius 1 is 0.920 bits per heavy atom. The molecule has 5 aromatic rings. The molecule has 0 spiro atoms. The van der Waals surface area contributed by atoms with E-state index in [1.54, 1.807) is 38.7 Å². The first kappa shape index (κ1) is 34.1. The van der Waals surface area contributed by atoms with Crippen LogP contribution < -0.4 is 20.2 Å². The van der Waals surface area contributed by atoms with Crippen LogP contribution in [0, 0.1) is 0 Å². The number of piperazine rings is 1. The lowest BCUT2D eigenvalue weighted by atomic mass is 10.0. The van der Waals surface area contributed by atoms with Crippen molar-refractivity contribution in [1.29, 1.82) is 0 Å². The van der Waals surface area contributed by atoms with Crippen LogP contribution in [-0.4, -0.2) is 74.6 Å². The minimum Gasteiger partial charge on any atom is -0.491 e. The fourth-order valence-electron chi connectivity index (χ4n) is 6.42. The number of anilines is 2. The van der Waals surface area contributed by atoms with E-state index in [0.717, 1.165) is 61.0 Å².